The second kappa shape index (κ2) is 4.90. The van der Waals surface area contributed by atoms with Crippen LogP contribution in [0.3, 0.4) is 0 Å². The highest BCUT2D eigenvalue weighted by Gasteiger charge is 1.98. The molecule has 80 valence electrons. The van der Waals surface area contributed by atoms with Gasteiger partial charge in [0.15, 0.2) is 0 Å². The van der Waals surface area contributed by atoms with Gasteiger partial charge in [-0.25, -0.2) is 4.98 Å². The van der Waals surface area contributed by atoms with E-state index in [4.69, 9.17) is 0 Å². The van der Waals surface area contributed by atoms with Crippen molar-refractivity contribution in [1.82, 2.24) is 4.98 Å². The molecule has 1 aromatic heterocycles. The molecule has 2 rings (SSSR count). The second-order valence-electron chi connectivity index (χ2n) is 3.23. The molecule has 3 nitrogen and oxygen atoms in total. The molecule has 0 aliphatic heterocycles. The Balaban J connectivity index is 2.23. The van der Waals surface area contributed by atoms with Crippen LogP contribution in [0.5, 0.6) is 0 Å². The van der Waals surface area contributed by atoms with Gasteiger partial charge in [0.05, 0.1) is 0 Å². The van der Waals surface area contributed by atoms with Gasteiger partial charge in [-0.15, -0.1) is 0 Å². The normalized spacial score (nSPS) is 9.81. The number of aldehydes is 1. The lowest BCUT2D eigenvalue weighted by Crippen LogP contribution is -1.94. The smallest absolute Gasteiger partial charge is 0.150 e. The van der Waals surface area contributed by atoms with Crippen LogP contribution < -0.4 is 5.32 Å². The van der Waals surface area contributed by atoms with Gasteiger partial charge in [0.25, 0.3) is 0 Å². The Morgan fingerprint density at radius 2 is 2.12 bits per heavy atom. The van der Waals surface area contributed by atoms with Crippen LogP contribution in [0, 0.1) is 0 Å². The first kappa shape index (κ1) is 10.8. The number of carbonyl (C=O) groups excluding carboxylic acids is 1. The van der Waals surface area contributed by atoms with Crippen molar-refractivity contribution in [2.24, 2.45) is 0 Å². The number of hydrogen-bond acceptors (Lipinski definition) is 3. The second-order valence-corrected chi connectivity index (χ2v) is 4.14. The fraction of sp³-hybridized carbons (Fsp3) is 0. The van der Waals surface area contributed by atoms with E-state index in [2.05, 4.69) is 26.2 Å². The molecule has 0 amide bonds. The van der Waals surface area contributed by atoms with E-state index in [0.29, 0.717) is 11.4 Å². The van der Waals surface area contributed by atoms with Crippen molar-refractivity contribution in [1.29, 1.82) is 0 Å². The molecular weight excluding hydrogens is 268 g/mol. The van der Waals surface area contributed by atoms with E-state index in [9.17, 15) is 4.79 Å². The van der Waals surface area contributed by atoms with Crippen molar-refractivity contribution in [3.8, 4) is 0 Å². The molecule has 0 radical (unpaired) electrons. The third kappa shape index (κ3) is 2.67. The van der Waals surface area contributed by atoms with E-state index in [-0.39, 0.29) is 0 Å². The van der Waals surface area contributed by atoms with Gasteiger partial charge < -0.3 is 5.32 Å². The molecule has 0 spiro atoms. The molecule has 16 heavy (non-hydrogen) atoms. The minimum atomic E-state index is 0.604. The summed E-state index contributed by atoms with van der Waals surface area (Å²) >= 11 is 3.39. The first-order valence-electron chi connectivity index (χ1n) is 4.72. The van der Waals surface area contributed by atoms with Gasteiger partial charge in [-0.05, 0) is 30.3 Å². The van der Waals surface area contributed by atoms with Crippen LogP contribution >= 0.6 is 15.9 Å². The number of nitrogens with zero attached hydrogens (tertiary/aromatic N) is 1. The van der Waals surface area contributed by atoms with Gasteiger partial charge in [0, 0.05) is 21.9 Å². The third-order valence-corrected chi connectivity index (χ3v) is 2.51. The zero-order chi connectivity index (χ0) is 11.4. The van der Waals surface area contributed by atoms with Crippen molar-refractivity contribution in [2.45, 2.75) is 0 Å². The van der Waals surface area contributed by atoms with Crippen LogP contribution in [0.1, 0.15) is 10.4 Å². The van der Waals surface area contributed by atoms with Gasteiger partial charge in [0.2, 0.25) is 0 Å². The van der Waals surface area contributed by atoms with E-state index in [1.165, 1.54) is 0 Å². The molecule has 0 unspecified atom stereocenters. The van der Waals surface area contributed by atoms with Crippen LogP contribution in [-0.2, 0) is 0 Å². The van der Waals surface area contributed by atoms with E-state index in [1.54, 1.807) is 18.3 Å². The maximum atomic E-state index is 10.6. The quantitative estimate of drug-likeness (QED) is 0.874. The Labute approximate surface area is 102 Å². The van der Waals surface area contributed by atoms with E-state index in [1.807, 2.05) is 24.3 Å². The summed E-state index contributed by atoms with van der Waals surface area (Å²) in [5.41, 5.74) is 1.53. The van der Waals surface area contributed by atoms with Gasteiger partial charge >= 0.3 is 0 Å². The molecule has 0 atom stereocenters. The molecule has 1 aromatic carbocycles. The number of hydrogen-bond donors (Lipinski definition) is 1. The largest absolute Gasteiger partial charge is 0.340 e. The van der Waals surface area contributed by atoms with E-state index in [0.717, 1.165) is 16.4 Å². The summed E-state index contributed by atoms with van der Waals surface area (Å²) in [6, 6.07) is 11.1. The molecule has 0 aliphatic rings. The summed E-state index contributed by atoms with van der Waals surface area (Å²) in [5.74, 6) is 0.655. The van der Waals surface area contributed by atoms with Crippen molar-refractivity contribution in [3.63, 3.8) is 0 Å². The lowest BCUT2D eigenvalue weighted by atomic mass is 10.3. The molecule has 2 aromatic rings. The Morgan fingerprint density at radius 3 is 2.88 bits per heavy atom. The monoisotopic (exact) mass is 276 g/mol. The van der Waals surface area contributed by atoms with Crippen LogP contribution in [-0.4, -0.2) is 11.3 Å². The van der Waals surface area contributed by atoms with E-state index < -0.39 is 0 Å². The van der Waals surface area contributed by atoms with Crippen LogP contribution in [0.15, 0.2) is 47.1 Å². The molecule has 1 heterocycles. The number of benzene rings is 1. The van der Waals surface area contributed by atoms with Crippen LogP contribution in [0.4, 0.5) is 11.5 Å². The van der Waals surface area contributed by atoms with Crippen LogP contribution in [0.25, 0.3) is 0 Å². The Hall–Kier alpha value is -1.68. The lowest BCUT2D eigenvalue weighted by Gasteiger charge is -2.05. The van der Waals surface area contributed by atoms with E-state index >= 15 is 0 Å². The average molecular weight is 277 g/mol. The van der Waals surface area contributed by atoms with Crippen molar-refractivity contribution >= 4 is 33.7 Å². The maximum Gasteiger partial charge on any atom is 0.150 e. The number of aromatic nitrogens is 1. The molecule has 0 aliphatic carbocycles. The van der Waals surface area contributed by atoms with Crippen LogP contribution in [0.2, 0.25) is 0 Å². The summed E-state index contributed by atoms with van der Waals surface area (Å²) in [5, 5.41) is 3.12. The SMILES string of the molecule is O=Cc1ccnc(Nc2cccc(Br)c2)c1. The molecule has 0 saturated heterocycles. The topological polar surface area (TPSA) is 42.0 Å². The Kier molecular flexibility index (Phi) is 3.31. The Morgan fingerprint density at radius 1 is 1.25 bits per heavy atom. The zero-order valence-electron chi connectivity index (χ0n) is 8.35. The predicted octanol–water partition coefficient (Wildman–Crippen LogP) is 3.40. The average Bonchev–Trinajstić information content (AvgIpc) is 2.29. The highest BCUT2D eigenvalue weighted by molar-refractivity contribution is 9.10. The molecular formula is C12H9BrN2O. The number of pyridine rings is 1. The number of anilines is 2. The van der Waals surface area contributed by atoms with Crippen molar-refractivity contribution in [3.05, 3.63) is 52.6 Å². The summed E-state index contributed by atoms with van der Waals surface area (Å²) < 4.78 is 0.990. The molecule has 1 N–H and O–H groups in total. The standard InChI is InChI=1S/C12H9BrN2O/c13-10-2-1-3-11(7-10)15-12-6-9(8-16)4-5-14-12/h1-8H,(H,14,15). The van der Waals surface area contributed by atoms with Gasteiger partial charge in [-0.2, -0.15) is 0 Å². The fourth-order valence-electron chi connectivity index (χ4n) is 1.30. The molecule has 0 bridgehead atoms. The number of nitrogens with one attached hydrogen (secondary N) is 1. The summed E-state index contributed by atoms with van der Waals surface area (Å²) in [6.07, 6.45) is 2.40. The highest BCUT2D eigenvalue weighted by atomic mass is 79.9. The minimum absolute atomic E-state index is 0.604. The predicted molar refractivity (Wildman–Crippen MR) is 67.0 cm³/mol. The molecule has 0 saturated carbocycles. The summed E-state index contributed by atoms with van der Waals surface area (Å²) in [6.45, 7) is 0. The fourth-order valence-corrected chi connectivity index (χ4v) is 1.70. The first-order chi connectivity index (χ1) is 7.78. The first-order valence-corrected chi connectivity index (χ1v) is 5.51. The molecule has 0 fully saturated rings. The lowest BCUT2D eigenvalue weighted by molar-refractivity contribution is 0.112. The third-order valence-electron chi connectivity index (χ3n) is 2.02. The van der Waals surface area contributed by atoms with Gasteiger partial charge in [-0.3, -0.25) is 4.79 Å². The highest BCUT2D eigenvalue weighted by Crippen LogP contribution is 2.19. The molecule has 4 heteroatoms. The Bertz CT molecular complexity index is 514. The number of rotatable bonds is 3. The zero-order valence-corrected chi connectivity index (χ0v) is 9.94. The number of carbonyl (C=O) groups is 1. The van der Waals surface area contributed by atoms with Crippen molar-refractivity contribution < 1.29 is 4.79 Å². The summed E-state index contributed by atoms with van der Waals surface area (Å²) in [4.78, 5) is 14.7. The minimum Gasteiger partial charge on any atom is -0.340 e. The van der Waals surface area contributed by atoms with Gasteiger partial charge in [-0.1, -0.05) is 22.0 Å². The summed E-state index contributed by atoms with van der Waals surface area (Å²) in [7, 11) is 0. The van der Waals surface area contributed by atoms with Gasteiger partial charge in [0.1, 0.15) is 12.1 Å². The maximum absolute atomic E-state index is 10.6. The van der Waals surface area contributed by atoms with Crippen molar-refractivity contribution in [2.75, 3.05) is 5.32 Å². The number of halogens is 1.